The molecule has 0 radical (unpaired) electrons. The lowest BCUT2D eigenvalue weighted by molar-refractivity contribution is 1.06. The quantitative estimate of drug-likeness (QED) is 0.120. The maximum absolute atomic E-state index is 5.36. The number of aromatic nitrogens is 8. The predicted octanol–water partition coefficient (Wildman–Crippen LogP) is 26.5. The van der Waals surface area contributed by atoms with E-state index >= 15 is 0 Å². The van der Waals surface area contributed by atoms with Crippen LogP contribution < -0.4 is 10.4 Å². The van der Waals surface area contributed by atoms with Crippen molar-refractivity contribution in [2.75, 3.05) is 0 Å². The fourth-order valence-corrected chi connectivity index (χ4v) is 23.0. The molecule has 11 heteroatoms. The van der Waals surface area contributed by atoms with Crippen LogP contribution in [0.5, 0.6) is 0 Å². The van der Waals surface area contributed by atoms with E-state index in [2.05, 4.69) is 356 Å². The van der Waals surface area contributed by atoms with Crippen LogP contribution in [-0.2, 0) is 0 Å². The summed E-state index contributed by atoms with van der Waals surface area (Å²) in [5.74, 6) is 3.87. The van der Waals surface area contributed by atoms with Gasteiger partial charge in [0.1, 0.15) is 8.07 Å². The van der Waals surface area contributed by atoms with E-state index in [0.29, 0.717) is 34.9 Å². The average molecular weight is 1520 g/mol. The van der Waals surface area contributed by atoms with E-state index in [-0.39, 0.29) is 0 Å². The van der Waals surface area contributed by atoms with Crippen molar-refractivity contribution in [3.8, 4) is 124 Å². The Morgan fingerprint density at radius 3 is 1.17 bits per heavy atom. The minimum atomic E-state index is -1.92. The number of hydrogen-bond donors (Lipinski definition) is 0. The van der Waals surface area contributed by atoms with Gasteiger partial charge < -0.3 is 9.13 Å². The molecule has 8 nitrogen and oxygen atoms in total. The van der Waals surface area contributed by atoms with Crippen molar-refractivity contribution >= 4 is 125 Å². The number of hydrogen-bond acceptors (Lipinski definition) is 8. The molecule has 0 saturated heterocycles. The number of para-hydroxylation sites is 4. The van der Waals surface area contributed by atoms with Gasteiger partial charge in [-0.05, 0) is 122 Å². The van der Waals surface area contributed by atoms with E-state index in [0.717, 1.165) is 72.4 Å². The van der Waals surface area contributed by atoms with Gasteiger partial charge in [0.2, 0.25) is 0 Å². The summed E-state index contributed by atoms with van der Waals surface area (Å²) in [6, 6.07) is 134. The van der Waals surface area contributed by atoms with Gasteiger partial charge in [0.15, 0.2) is 34.9 Å². The maximum atomic E-state index is 5.36. The molecule has 0 spiro atoms. The first kappa shape index (κ1) is 67.7. The molecule has 0 atom stereocenters. The number of thiophene rings is 2. The second-order valence-electron chi connectivity index (χ2n) is 30.0. The Hall–Kier alpha value is -14.2. The first-order chi connectivity index (χ1) is 56.8. The largest absolute Gasteiger partial charge is 0.308 e. The zero-order valence-electron chi connectivity index (χ0n) is 62.7. The van der Waals surface area contributed by atoms with Crippen molar-refractivity contribution in [1.29, 1.82) is 0 Å². The van der Waals surface area contributed by atoms with Crippen LogP contribution >= 0.6 is 22.7 Å². The smallest absolute Gasteiger partial charge is 0.166 e. The van der Waals surface area contributed by atoms with Gasteiger partial charge in [0.05, 0.1) is 33.4 Å². The normalized spacial score (nSPS) is 12.3. The van der Waals surface area contributed by atoms with E-state index in [9.17, 15) is 0 Å². The molecule has 0 N–H and O–H groups in total. The lowest BCUT2D eigenvalue weighted by Gasteiger charge is -2.19. The molecule has 1 aliphatic rings. The summed E-state index contributed by atoms with van der Waals surface area (Å²) in [4.78, 5) is 31.2. The maximum Gasteiger partial charge on any atom is 0.166 e. The third kappa shape index (κ3) is 11.4. The van der Waals surface area contributed by atoms with Crippen LogP contribution in [0.3, 0.4) is 0 Å². The lowest BCUT2D eigenvalue weighted by atomic mass is 10.0. The van der Waals surface area contributed by atoms with Crippen LogP contribution in [-0.4, -0.2) is 47.1 Å². The molecule has 115 heavy (non-hydrogen) atoms. The van der Waals surface area contributed by atoms with Crippen LogP contribution in [0.2, 0.25) is 13.1 Å². The third-order valence-corrected chi connectivity index (χ3v) is 28.8. The van der Waals surface area contributed by atoms with E-state index in [1.54, 1.807) is 0 Å². The summed E-state index contributed by atoms with van der Waals surface area (Å²) >= 11 is 3.74. The van der Waals surface area contributed by atoms with E-state index in [4.69, 9.17) is 29.9 Å². The van der Waals surface area contributed by atoms with E-state index < -0.39 is 8.07 Å². The van der Waals surface area contributed by atoms with Gasteiger partial charge in [-0.3, -0.25) is 0 Å². The molecule has 0 fully saturated rings. The van der Waals surface area contributed by atoms with Gasteiger partial charge in [-0.15, -0.1) is 22.7 Å². The molecule has 22 aromatic rings. The van der Waals surface area contributed by atoms with Gasteiger partial charge in [0.25, 0.3) is 0 Å². The zero-order chi connectivity index (χ0) is 76.2. The molecule has 0 unspecified atom stereocenters. The van der Waals surface area contributed by atoms with Gasteiger partial charge >= 0.3 is 0 Å². The first-order valence-corrected chi connectivity index (χ1v) is 43.5. The SMILES string of the molecule is C[Si]1(C)c2ccccc2-c2ccc(-c3nc(-c4ccccc4)nc(-c4ccccc4-n4c5ccccc5c5c6c(ccc54)sc4c(-c5ccccc5)cccc46)n3)cc21.c1ccc(-c2ccc(-c3nc(-c4ccccc4)nc(-c4ccccc4-n4c5ccccc5c5c6c(ccc54)sc4cc(-c5ccccc5)ccc46)n3)cc2)cc1. The average Bonchev–Trinajstić information content (AvgIpc) is 1.56. The van der Waals surface area contributed by atoms with Crippen LogP contribution in [0.15, 0.2) is 376 Å². The summed E-state index contributed by atoms with van der Waals surface area (Å²) in [5, 5.41) is 13.0. The predicted molar refractivity (Wildman–Crippen MR) is 485 cm³/mol. The van der Waals surface area contributed by atoms with Crippen molar-refractivity contribution < 1.29 is 0 Å². The summed E-state index contributed by atoms with van der Waals surface area (Å²) in [6.45, 7) is 4.90. The molecule has 6 aromatic heterocycles. The molecule has 0 saturated carbocycles. The molecular weight excluding hydrogens is 1450 g/mol. The molecule has 540 valence electrons. The monoisotopic (exact) mass is 1520 g/mol. The van der Waals surface area contributed by atoms with Gasteiger partial charge in [-0.1, -0.05) is 322 Å². The fourth-order valence-electron chi connectivity index (χ4n) is 17.5. The summed E-state index contributed by atoms with van der Waals surface area (Å²) in [7, 11) is -1.92. The van der Waals surface area contributed by atoms with Crippen molar-refractivity contribution in [2.45, 2.75) is 13.1 Å². The van der Waals surface area contributed by atoms with Crippen molar-refractivity contribution in [2.24, 2.45) is 0 Å². The minimum Gasteiger partial charge on any atom is -0.308 e. The molecule has 0 amide bonds. The first-order valence-electron chi connectivity index (χ1n) is 38.9. The molecule has 1 aliphatic heterocycles. The summed E-state index contributed by atoms with van der Waals surface area (Å²) in [6.07, 6.45) is 0. The Kier molecular flexibility index (Phi) is 16.3. The van der Waals surface area contributed by atoms with Crippen LogP contribution in [0.25, 0.3) is 208 Å². The minimum absolute atomic E-state index is 0.623. The van der Waals surface area contributed by atoms with Crippen LogP contribution in [0.4, 0.5) is 0 Å². The number of nitrogens with zero attached hydrogens (tertiary/aromatic N) is 8. The second-order valence-corrected chi connectivity index (χ2v) is 36.4. The Bertz CT molecular complexity index is 7600. The summed E-state index contributed by atoms with van der Waals surface area (Å²) in [5.41, 5.74) is 22.3. The van der Waals surface area contributed by atoms with Gasteiger partial charge in [-0.25, -0.2) is 29.9 Å². The highest BCUT2D eigenvalue weighted by Gasteiger charge is 2.38. The van der Waals surface area contributed by atoms with Crippen molar-refractivity contribution in [3.63, 3.8) is 0 Å². The second kappa shape index (κ2) is 27.6. The molecule has 7 heterocycles. The third-order valence-electron chi connectivity index (χ3n) is 23.0. The van der Waals surface area contributed by atoms with Gasteiger partial charge in [0, 0.05) is 95.3 Å². The van der Waals surface area contributed by atoms with Crippen LogP contribution in [0.1, 0.15) is 0 Å². The lowest BCUT2D eigenvalue weighted by Crippen LogP contribution is -2.49. The zero-order valence-corrected chi connectivity index (χ0v) is 65.3. The standard InChI is InChI=1S/C53H36N4SSi.C51H32N4S/c1-59(2)46-27-14-11-20-37(46)38-29-28-35(32-47(38)59)52-54-51(34-18-7-4-8-19-34)55-53(56-52)40-22-10-13-26-43(40)57-42-25-12-9-21-39(42)48-44(57)30-31-45-49(48)41-24-15-23-36(50(41)58-45)33-16-5-3-6-17-33;1-4-14-33(15-5-1)35-24-26-37(27-25-35)50-52-49(36-18-8-3-9-19-36)53-51(54-50)40-21-11-13-23-43(40)55-42-22-12-10-20-39(42)47-44(55)30-31-45-48(47)41-29-28-38(32-46(41)56-45)34-16-6-2-7-17-34/h3-32H,1-2H3;1-32H. The number of benzene rings is 16. The fraction of sp³-hybridized carbons (Fsp3) is 0.0192. The Balaban J connectivity index is 0.000000140. The highest BCUT2D eigenvalue weighted by atomic mass is 32.1. The topological polar surface area (TPSA) is 87.2 Å². The summed E-state index contributed by atoms with van der Waals surface area (Å²) < 4.78 is 9.96. The highest BCUT2D eigenvalue weighted by Crippen LogP contribution is 2.49. The van der Waals surface area contributed by atoms with Crippen molar-refractivity contribution in [1.82, 2.24) is 39.0 Å². The number of rotatable bonds is 11. The molecule has 0 bridgehead atoms. The molecule has 16 aromatic carbocycles. The Morgan fingerprint density at radius 2 is 0.600 bits per heavy atom. The van der Waals surface area contributed by atoms with Crippen molar-refractivity contribution in [3.05, 3.63) is 376 Å². The van der Waals surface area contributed by atoms with Gasteiger partial charge in [-0.2, -0.15) is 0 Å². The molecule has 0 aliphatic carbocycles. The number of fused-ring (bicyclic) bond motifs is 17. The Labute approximate surface area is 672 Å². The van der Waals surface area contributed by atoms with E-state index in [1.807, 2.05) is 65.1 Å². The Morgan fingerprint density at radius 1 is 0.217 bits per heavy atom. The van der Waals surface area contributed by atoms with E-state index in [1.165, 1.54) is 111 Å². The molecule has 23 rings (SSSR count). The van der Waals surface area contributed by atoms with Crippen LogP contribution in [0, 0.1) is 0 Å². The molecular formula is C104H68N8S2Si. The highest BCUT2D eigenvalue weighted by molar-refractivity contribution is 7.26.